The maximum absolute atomic E-state index is 13.1. The summed E-state index contributed by atoms with van der Waals surface area (Å²) in [6.45, 7) is 2.06. The summed E-state index contributed by atoms with van der Waals surface area (Å²) in [5.41, 5.74) is 2.28. The molecule has 0 saturated carbocycles. The van der Waals surface area contributed by atoms with Crippen molar-refractivity contribution in [2.75, 3.05) is 11.9 Å². The largest absolute Gasteiger partial charge is 0.462 e. The van der Waals surface area contributed by atoms with Crippen LogP contribution in [0.5, 0.6) is 0 Å². The highest BCUT2D eigenvalue weighted by atomic mass is 19.4. The molecule has 2 aromatic rings. The zero-order valence-electron chi connectivity index (χ0n) is 15.3. The quantitative estimate of drug-likeness (QED) is 0.542. The highest BCUT2D eigenvalue weighted by Crippen LogP contribution is 2.50. The minimum Gasteiger partial charge on any atom is -0.462 e. The van der Waals surface area contributed by atoms with Gasteiger partial charge in [-0.25, -0.2) is 4.79 Å². The lowest BCUT2D eigenvalue weighted by Crippen LogP contribution is -2.29. The number of hydrogen-bond acceptors (Lipinski definition) is 3. The van der Waals surface area contributed by atoms with E-state index in [1.165, 1.54) is 12.1 Å². The number of carbonyl (C=O) groups is 1. The molecule has 28 heavy (non-hydrogen) atoms. The molecule has 0 unspecified atom stereocenters. The van der Waals surface area contributed by atoms with Gasteiger partial charge >= 0.3 is 12.1 Å². The molecular formula is C22H20F3NO2. The van der Waals surface area contributed by atoms with Crippen LogP contribution in [0.4, 0.5) is 18.9 Å². The average Bonchev–Trinajstić information content (AvgIpc) is 3.17. The molecule has 3 nitrogen and oxygen atoms in total. The fraction of sp³-hybridized carbons (Fsp3) is 0.318. The number of fused-ring (bicyclic) bond motifs is 3. The Morgan fingerprint density at radius 1 is 1.21 bits per heavy atom. The third-order valence-corrected chi connectivity index (χ3v) is 5.45. The molecule has 6 heteroatoms. The van der Waals surface area contributed by atoms with Crippen LogP contribution >= 0.6 is 0 Å². The normalized spacial score (nSPS) is 22.9. The van der Waals surface area contributed by atoms with Crippen molar-refractivity contribution in [1.29, 1.82) is 0 Å². The van der Waals surface area contributed by atoms with Crippen molar-refractivity contribution in [1.82, 2.24) is 0 Å². The van der Waals surface area contributed by atoms with Gasteiger partial charge < -0.3 is 10.1 Å². The fourth-order valence-corrected chi connectivity index (χ4v) is 4.17. The molecule has 0 bridgehead atoms. The van der Waals surface area contributed by atoms with Gasteiger partial charge in [-0.2, -0.15) is 13.2 Å². The molecule has 0 fully saturated rings. The number of ether oxygens (including phenoxy) is 1. The second-order valence-electron chi connectivity index (χ2n) is 7.12. The number of halogens is 3. The van der Waals surface area contributed by atoms with Gasteiger partial charge in [0, 0.05) is 11.6 Å². The standard InChI is InChI=1S/C22H20F3NO2/c1-2-28-21(27)14-9-10-19-18(12-14)16-7-4-8-17(16)20(26-19)13-5-3-6-15(11-13)22(23,24)25/h3-7,9-12,16-17,20,26H,2,8H2,1H3/t16-,17-,20-/m0/s1. The zero-order chi connectivity index (χ0) is 19.9. The molecule has 146 valence electrons. The number of benzene rings is 2. The molecule has 0 aromatic heterocycles. The lowest BCUT2D eigenvalue weighted by Gasteiger charge is -2.38. The third-order valence-electron chi connectivity index (χ3n) is 5.45. The molecule has 4 rings (SSSR count). The van der Waals surface area contributed by atoms with Gasteiger partial charge in [-0.3, -0.25) is 0 Å². The Bertz CT molecular complexity index is 936. The summed E-state index contributed by atoms with van der Waals surface area (Å²) < 4.78 is 44.5. The molecule has 1 aliphatic carbocycles. The monoisotopic (exact) mass is 387 g/mol. The first-order chi connectivity index (χ1) is 13.4. The van der Waals surface area contributed by atoms with Crippen LogP contribution in [-0.4, -0.2) is 12.6 Å². The van der Waals surface area contributed by atoms with Gasteiger partial charge in [0.15, 0.2) is 0 Å². The van der Waals surface area contributed by atoms with Crippen molar-refractivity contribution in [3.63, 3.8) is 0 Å². The van der Waals surface area contributed by atoms with Crippen LogP contribution < -0.4 is 5.32 Å². The van der Waals surface area contributed by atoms with Crippen LogP contribution in [-0.2, 0) is 10.9 Å². The van der Waals surface area contributed by atoms with Gasteiger partial charge in [0.1, 0.15) is 0 Å². The topological polar surface area (TPSA) is 38.3 Å². The Balaban J connectivity index is 1.71. The van der Waals surface area contributed by atoms with Crippen molar-refractivity contribution in [2.24, 2.45) is 5.92 Å². The van der Waals surface area contributed by atoms with Crippen LogP contribution in [0.1, 0.15) is 52.4 Å². The Kier molecular flexibility index (Phi) is 4.65. The second-order valence-corrected chi connectivity index (χ2v) is 7.12. The van der Waals surface area contributed by atoms with Crippen molar-refractivity contribution in [3.05, 3.63) is 76.9 Å². The molecule has 1 aliphatic heterocycles. The molecule has 1 heterocycles. The smallest absolute Gasteiger partial charge is 0.416 e. The van der Waals surface area contributed by atoms with Gasteiger partial charge in [0.25, 0.3) is 0 Å². The molecule has 1 N–H and O–H groups in total. The Labute approximate surface area is 161 Å². The van der Waals surface area contributed by atoms with Crippen LogP contribution in [0.15, 0.2) is 54.6 Å². The van der Waals surface area contributed by atoms with E-state index in [9.17, 15) is 18.0 Å². The number of nitrogens with one attached hydrogen (secondary N) is 1. The van der Waals surface area contributed by atoms with Crippen LogP contribution in [0, 0.1) is 5.92 Å². The molecule has 0 spiro atoms. The van der Waals surface area contributed by atoms with E-state index in [0.717, 1.165) is 23.7 Å². The summed E-state index contributed by atoms with van der Waals surface area (Å²) in [6.07, 6.45) is 0.537. The number of allylic oxidation sites excluding steroid dienone is 2. The van der Waals surface area contributed by atoms with Crippen molar-refractivity contribution in [3.8, 4) is 0 Å². The highest BCUT2D eigenvalue weighted by molar-refractivity contribution is 5.90. The Morgan fingerprint density at radius 2 is 2.04 bits per heavy atom. The fourth-order valence-electron chi connectivity index (χ4n) is 4.17. The van der Waals surface area contributed by atoms with Gasteiger partial charge in [0.2, 0.25) is 0 Å². The molecule has 0 amide bonds. The van der Waals surface area contributed by atoms with E-state index in [-0.39, 0.29) is 23.8 Å². The molecule has 3 atom stereocenters. The summed E-state index contributed by atoms with van der Waals surface area (Å²) in [4.78, 5) is 12.1. The second kappa shape index (κ2) is 7.00. The molecule has 2 aliphatic rings. The van der Waals surface area contributed by atoms with Crippen LogP contribution in [0.3, 0.4) is 0 Å². The summed E-state index contributed by atoms with van der Waals surface area (Å²) >= 11 is 0. The van der Waals surface area contributed by atoms with E-state index >= 15 is 0 Å². The van der Waals surface area contributed by atoms with Crippen molar-refractivity contribution >= 4 is 11.7 Å². The maximum Gasteiger partial charge on any atom is 0.416 e. The SMILES string of the molecule is CCOC(=O)c1ccc2c(c1)[C@H]1C=CC[C@@H]1[C@H](c1cccc(C(F)(F)F)c1)N2. The average molecular weight is 387 g/mol. The van der Waals surface area contributed by atoms with E-state index < -0.39 is 11.7 Å². The maximum atomic E-state index is 13.1. The van der Waals surface area contributed by atoms with E-state index in [2.05, 4.69) is 17.5 Å². The predicted molar refractivity (Wildman–Crippen MR) is 100 cm³/mol. The van der Waals surface area contributed by atoms with E-state index in [1.807, 2.05) is 12.1 Å². The summed E-state index contributed by atoms with van der Waals surface area (Å²) in [6, 6.07) is 10.6. The molecule has 2 aromatic carbocycles. The zero-order valence-corrected chi connectivity index (χ0v) is 15.3. The van der Waals surface area contributed by atoms with Crippen molar-refractivity contribution in [2.45, 2.75) is 31.5 Å². The Morgan fingerprint density at radius 3 is 2.79 bits per heavy atom. The van der Waals surface area contributed by atoms with Gasteiger partial charge in [-0.1, -0.05) is 24.3 Å². The number of anilines is 1. The lowest BCUT2D eigenvalue weighted by molar-refractivity contribution is -0.137. The summed E-state index contributed by atoms with van der Waals surface area (Å²) in [7, 11) is 0. The third kappa shape index (κ3) is 3.28. The Hall–Kier alpha value is -2.76. The molecule has 0 saturated heterocycles. The van der Waals surface area contributed by atoms with Gasteiger partial charge in [-0.05, 0) is 60.7 Å². The van der Waals surface area contributed by atoms with E-state index in [1.54, 1.807) is 19.1 Å². The minimum absolute atomic E-state index is 0.0465. The minimum atomic E-state index is -4.37. The lowest BCUT2D eigenvalue weighted by atomic mass is 9.76. The van der Waals surface area contributed by atoms with E-state index in [4.69, 9.17) is 4.74 Å². The first kappa shape index (κ1) is 18.6. The number of carbonyl (C=O) groups excluding carboxylic acids is 1. The van der Waals surface area contributed by atoms with Crippen molar-refractivity contribution < 1.29 is 22.7 Å². The number of rotatable bonds is 3. The van der Waals surface area contributed by atoms with Gasteiger partial charge in [0.05, 0.1) is 23.8 Å². The molecule has 0 radical (unpaired) electrons. The number of esters is 1. The predicted octanol–water partition coefficient (Wildman–Crippen LogP) is 5.71. The van der Waals surface area contributed by atoms with Crippen LogP contribution in [0.25, 0.3) is 0 Å². The summed E-state index contributed by atoms with van der Waals surface area (Å²) in [5.74, 6) is -0.234. The van der Waals surface area contributed by atoms with Crippen LogP contribution in [0.2, 0.25) is 0 Å². The first-order valence-electron chi connectivity index (χ1n) is 9.30. The number of alkyl halides is 3. The van der Waals surface area contributed by atoms with Gasteiger partial charge in [-0.15, -0.1) is 0 Å². The first-order valence-corrected chi connectivity index (χ1v) is 9.30. The summed E-state index contributed by atoms with van der Waals surface area (Å²) in [5, 5.41) is 3.40. The number of hydrogen-bond donors (Lipinski definition) is 1. The molecular weight excluding hydrogens is 367 g/mol. The highest BCUT2D eigenvalue weighted by Gasteiger charge is 2.39. The van der Waals surface area contributed by atoms with E-state index in [0.29, 0.717) is 17.7 Å².